The van der Waals surface area contributed by atoms with Gasteiger partial charge in [0.1, 0.15) is 5.41 Å². The number of rotatable bonds is 5. The first-order chi connectivity index (χ1) is 9.84. The number of piperidine rings is 1. The van der Waals surface area contributed by atoms with Gasteiger partial charge in [0.05, 0.1) is 5.69 Å². The first-order valence-electron chi connectivity index (χ1n) is 7.79. The third kappa shape index (κ3) is 3.07. The van der Waals surface area contributed by atoms with Gasteiger partial charge in [0.25, 0.3) is 0 Å². The standard InChI is InChI=1S/C16H26N2O2S/c1-5-16(6-2)7-9-18(10-8-16)14-17-12(11-21-14)15(3,4)13(19)20/h11H,5-10H2,1-4H3,(H,19,20). The monoisotopic (exact) mass is 310 g/mol. The lowest BCUT2D eigenvalue weighted by Crippen LogP contribution is -2.39. The number of carboxylic acid groups (broad SMARTS) is 1. The zero-order valence-corrected chi connectivity index (χ0v) is 14.3. The van der Waals surface area contributed by atoms with Crippen molar-refractivity contribution in [1.29, 1.82) is 0 Å². The summed E-state index contributed by atoms with van der Waals surface area (Å²) in [6.07, 6.45) is 4.90. The molecule has 0 aromatic carbocycles. The number of carbonyl (C=O) groups is 1. The molecule has 0 radical (unpaired) electrons. The van der Waals surface area contributed by atoms with Crippen molar-refractivity contribution in [2.45, 2.75) is 58.8 Å². The molecule has 21 heavy (non-hydrogen) atoms. The number of anilines is 1. The summed E-state index contributed by atoms with van der Waals surface area (Å²) in [4.78, 5) is 18.2. The zero-order chi connectivity index (χ0) is 15.7. The molecule has 1 aromatic rings. The Bertz CT molecular complexity index is 496. The van der Waals surface area contributed by atoms with Crippen LogP contribution in [0.2, 0.25) is 0 Å². The number of hydrogen-bond donors (Lipinski definition) is 1. The van der Waals surface area contributed by atoms with E-state index in [1.165, 1.54) is 25.7 Å². The lowest BCUT2D eigenvalue weighted by Gasteiger charge is -2.41. The van der Waals surface area contributed by atoms with E-state index >= 15 is 0 Å². The van der Waals surface area contributed by atoms with Gasteiger partial charge >= 0.3 is 5.97 Å². The highest BCUT2D eigenvalue weighted by molar-refractivity contribution is 7.13. The second kappa shape index (κ2) is 5.95. The summed E-state index contributed by atoms with van der Waals surface area (Å²) in [5.74, 6) is -0.825. The van der Waals surface area contributed by atoms with E-state index in [-0.39, 0.29) is 0 Å². The summed E-state index contributed by atoms with van der Waals surface area (Å²) in [7, 11) is 0. The van der Waals surface area contributed by atoms with Crippen LogP contribution in [0.4, 0.5) is 5.13 Å². The Kier molecular flexibility index (Phi) is 4.61. The molecule has 1 aliphatic heterocycles. The van der Waals surface area contributed by atoms with Gasteiger partial charge in [0.15, 0.2) is 5.13 Å². The predicted molar refractivity (Wildman–Crippen MR) is 87.2 cm³/mol. The van der Waals surface area contributed by atoms with E-state index in [0.29, 0.717) is 11.1 Å². The summed E-state index contributed by atoms with van der Waals surface area (Å²) < 4.78 is 0. The molecule has 1 fully saturated rings. The van der Waals surface area contributed by atoms with Crippen LogP contribution < -0.4 is 4.90 Å². The number of thiazole rings is 1. The number of aromatic nitrogens is 1. The van der Waals surface area contributed by atoms with Crippen molar-refractivity contribution in [1.82, 2.24) is 4.98 Å². The molecule has 0 atom stereocenters. The van der Waals surface area contributed by atoms with Gasteiger partial charge in [-0.2, -0.15) is 0 Å². The minimum atomic E-state index is -0.916. The van der Waals surface area contributed by atoms with Gasteiger partial charge < -0.3 is 10.0 Å². The molecule has 0 aliphatic carbocycles. The third-order valence-corrected chi connectivity index (χ3v) is 6.16. The average Bonchev–Trinajstić information content (AvgIpc) is 2.97. The Morgan fingerprint density at radius 3 is 2.43 bits per heavy atom. The van der Waals surface area contributed by atoms with Crippen LogP contribution >= 0.6 is 11.3 Å². The van der Waals surface area contributed by atoms with E-state index < -0.39 is 11.4 Å². The van der Waals surface area contributed by atoms with Gasteiger partial charge in [-0.05, 0) is 32.1 Å². The first kappa shape index (κ1) is 16.3. The van der Waals surface area contributed by atoms with Crippen LogP contribution in [0.1, 0.15) is 59.1 Å². The smallest absolute Gasteiger partial charge is 0.315 e. The molecule has 1 N–H and O–H groups in total. The molecule has 0 amide bonds. The van der Waals surface area contributed by atoms with E-state index in [4.69, 9.17) is 0 Å². The summed E-state index contributed by atoms with van der Waals surface area (Å²) in [5, 5.41) is 12.2. The van der Waals surface area contributed by atoms with E-state index in [9.17, 15) is 9.90 Å². The van der Waals surface area contributed by atoms with Gasteiger partial charge in [-0.1, -0.05) is 26.7 Å². The van der Waals surface area contributed by atoms with E-state index in [2.05, 4.69) is 23.7 Å². The lowest BCUT2D eigenvalue weighted by molar-refractivity contribution is -0.142. The van der Waals surface area contributed by atoms with Gasteiger partial charge in [0.2, 0.25) is 0 Å². The second-order valence-electron chi connectivity index (χ2n) is 6.64. The molecule has 0 bridgehead atoms. The molecular weight excluding hydrogens is 284 g/mol. The average molecular weight is 310 g/mol. The predicted octanol–water partition coefficient (Wildman–Crippen LogP) is 3.91. The van der Waals surface area contributed by atoms with Crippen molar-refractivity contribution >= 4 is 22.4 Å². The highest BCUT2D eigenvalue weighted by Gasteiger charge is 2.35. The lowest BCUT2D eigenvalue weighted by atomic mass is 9.74. The Hall–Kier alpha value is -1.10. The number of hydrogen-bond acceptors (Lipinski definition) is 4. The fraction of sp³-hybridized carbons (Fsp3) is 0.750. The molecular formula is C16H26N2O2S. The van der Waals surface area contributed by atoms with Crippen LogP contribution in [0.25, 0.3) is 0 Å². The number of aliphatic carboxylic acids is 1. The molecule has 2 heterocycles. The fourth-order valence-electron chi connectivity index (χ4n) is 2.94. The quantitative estimate of drug-likeness (QED) is 0.896. The fourth-order valence-corrected chi connectivity index (χ4v) is 3.98. The van der Waals surface area contributed by atoms with E-state index in [1.807, 2.05) is 5.38 Å². The van der Waals surface area contributed by atoms with Crippen molar-refractivity contribution in [3.05, 3.63) is 11.1 Å². The zero-order valence-electron chi connectivity index (χ0n) is 13.5. The van der Waals surface area contributed by atoms with Gasteiger partial charge in [0, 0.05) is 18.5 Å². The van der Waals surface area contributed by atoms with E-state index in [0.717, 1.165) is 18.2 Å². The van der Waals surface area contributed by atoms with Crippen LogP contribution in [0.3, 0.4) is 0 Å². The summed E-state index contributed by atoms with van der Waals surface area (Å²) in [5.41, 5.74) is 0.246. The van der Waals surface area contributed by atoms with Crippen LogP contribution in [0.5, 0.6) is 0 Å². The minimum absolute atomic E-state index is 0.497. The Balaban J connectivity index is 2.09. The van der Waals surface area contributed by atoms with E-state index in [1.54, 1.807) is 25.2 Å². The molecule has 1 aliphatic rings. The Morgan fingerprint density at radius 2 is 1.95 bits per heavy atom. The Labute approximate surface area is 131 Å². The van der Waals surface area contributed by atoms with Gasteiger partial charge in [-0.25, -0.2) is 4.98 Å². The molecule has 0 spiro atoms. The van der Waals surface area contributed by atoms with Crippen LogP contribution in [-0.4, -0.2) is 29.1 Å². The van der Waals surface area contributed by atoms with Crippen LogP contribution in [0.15, 0.2) is 5.38 Å². The molecule has 118 valence electrons. The maximum atomic E-state index is 11.3. The van der Waals surface area contributed by atoms with Crippen molar-refractivity contribution in [2.24, 2.45) is 5.41 Å². The van der Waals surface area contributed by atoms with Crippen LogP contribution in [0, 0.1) is 5.41 Å². The van der Waals surface area contributed by atoms with Crippen molar-refractivity contribution in [3.63, 3.8) is 0 Å². The topological polar surface area (TPSA) is 53.4 Å². The second-order valence-corrected chi connectivity index (χ2v) is 7.48. The van der Waals surface area contributed by atoms with Gasteiger partial charge in [-0.3, -0.25) is 4.79 Å². The van der Waals surface area contributed by atoms with Crippen LogP contribution in [-0.2, 0) is 10.2 Å². The third-order valence-electron chi connectivity index (χ3n) is 5.26. The number of carboxylic acids is 1. The molecule has 0 saturated carbocycles. The normalized spacial score (nSPS) is 18.8. The molecule has 4 nitrogen and oxygen atoms in total. The maximum Gasteiger partial charge on any atom is 0.315 e. The van der Waals surface area contributed by atoms with Gasteiger partial charge in [-0.15, -0.1) is 11.3 Å². The summed E-state index contributed by atoms with van der Waals surface area (Å²) in [6, 6.07) is 0. The molecule has 0 unspecified atom stereocenters. The molecule has 5 heteroatoms. The minimum Gasteiger partial charge on any atom is -0.481 e. The summed E-state index contributed by atoms with van der Waals surface area (Å²) >= 11 is 1.57. The highest BCUT2D eigenvalue weighted by atomic mass is 32.1. The number of nitrogens with zero attached hydrogens (tertiary/aromatic N) is 2. The molecule has 2 rings (SSSR count). The SMILES string of the molecule is CCC1(CC)CCN(c2nc(C(C)(C)C(=O)O)cs2)CC1. The Morgan fingerprint density at radius 1 is 1.38 bits per heavy atom. The van der Waals surface area contributed by atoms with Crippen molar-refractivity contribution in [2.75, 3.05) is 18.0 Å². The molecule has 1 saturated heterocycles. The van der Waals surface area contributed by atoms with Crippen molar-refractivity contribution < 1.29 is 9.90 Å². The first-order valence-corrected chi connectivity index (χ1v) is 8.67. The summed E-state index contributed by atoms with van der Waals surface area (Å²) in [6.45, 7) is 10.1. The van der Waals surface area contributed by atoms with Crippen molar-refractivity contribution in [3.8, 4) is 0 Å². The maximum absolute atomic E-state index is 11.3. The molecule has 1 aromatic heterocycles. The highest BCUT2D eigenvalue weighted by Crippen LogP contribution is 2.40. The largest absolute Gasteiger partial charge is 0.481 e.